The summed E-state index contributed by atoms with van der Waals surface area (Å²) in [5.41, 5.74) is 0. The zero-order chi connectivity index (χ0) is 13.9. The fourth-order valence-corrected chi connectivity index (χ4v) is 3.21. The normalized spacial score (nSPS) is 16.2. The molecule has 1 unspecified atom stereocenters. The summed E-state index contributed by atoms with van der Waals surface area (Å²) in [4.78, 5) is 0.822. The molecule has 0 radical (unpaired) electrons. The van der Waals surface area contributed by atoms with Gasteiger partial charge in [-0.05, 0) is 49.2 Å². The van der Waals surface area contributed by atoms with Crippen LogP contribution in [0.5, 0.6) is 0 Å². The molecule has 1 atom stereocenters. The quantitative estimate of drug-likeness (QED) is 0.862. The fraction of sp³-hybridized carbons (Fsp3) is 0.333. The fourth-order valence-electron chi connectivity index (χ4n) is 1.93. The van der Waals surface area contributed by atoms with Crippen molar-refractivity contribution in [1.82, 2.24) is 5.32 Å². The summed E-state index contributed by atoms with van der Waals surface area (Å²) >= 11 is 3.37. The molecule has 1 aromatic heterocycles. The molecule has 1 fully saturated rings. The van der Waals surface area contributed by atoms with E-state index in [0.717, 1.165) is 27.4 Å². The molecule has 0 saturated heterocycles. The Labute approximate surface area is 129 Å². The molecule has 1 aliphatic carbocycles. The maximum atomic E-state index is 12.2. The van der Waals surface area contributed by atoms with Crippen molar-refractivity contribution in [3.8, 4) is 0 Å². The molecule has 0 bridgehead atoms. The second-order valence-electron chi connectivity index (χ2n) is 4.97. The first-order chi connectivity index (χ1) is 9.70. The van der Waals surface area contributed by atoms with E-state index in [1.807, 2.05) is 36.4 Å². The van der Waals surface area contributed by atoms with Crippen LogP contribution in [-0.2, 0) is 23.1 Å². The summed E-state index contributed by atoms with van der Waals surface area (Å²) in [7, 11) is -1.06. The number of benzene rings is 1. The Bertz CT molecular complexity index is 605. The van der Waals surface area contributed by atoms with Gasteiger partial charge in [0.05, 0.1) is 23.1 Å². The molecule has 106 valence electrons. The lowest BCUT2D eigenvalue weighted by atomic mass is 10.4. The van der Waals surface area contributed by atoms with Gasteiger partial charge in [-0.3, -0.25) is 4.21 Å². The van der Waals surface area contributed by atoms with Gasteiger partial charge in [-0.2, -0.15) is 0 Å². The molecule has 0 amide bonds. The molecular formula is C15H16BrNO2S. The van der Waals surface area contributed by atoms with Crippen LogP contribution in [0.1, 0.15) is 24.4 Å². The van der Waals surface area contributed by atoms with Crippen molar-refractivity contribution in [3.63, 3.8) is 0 Å². The average Bonchev–Trinajstić information content (AvgIpc) is 3.17. The monoisotopic (exact) mass is 353 g/mol. The molecular weight excluding hydrogens is 338 g/mol. The van der Waals surface area contributed by atoms with Crippen LogP contribution in [0, 0.1) is 0 Å². The van der Waals surface area contributed by atoms with Crippen molar-refractivity contribution < 1.29 is 8.63 Å². The minimum atomic E-state index is -1.06. The molecule has 1 N–H and O–H groups in total. The lowest BCUT2D eigenvalue weighted by molar-refractivity contribution is 0.457. The second kappa shape index (κ2) is 6.24. The molecule has 1 saturated carbocycles. The number of hydrogen-bond donors (Lipinski definition) is 1. The lowest BCUT2D eigenvalue weighted by Gasteiger charge is -2.01. The average molecular weight is 354 g/mol. The molecule has 1 aliphatic rings. The van der Waals surface area contributed by atoms with Gasteiger partial charge in [0.1, 0.15) is 11.5 Å². The van der Waals surface area contributed by atoms with Crippen molar-refractivity contribution in [1.29, 1.82) is 0 Å². The highest BCUT2D eigenvalue weighted by atomic mass is 79.9. The maximum absolute atomic E-state index is 12.2. The number of rotatable bonds is 6. The Hall–Kier alpha value is -0.910. The first-order valence-electron chi connectivity index (χ1n) is 6.65. The van der Waals surface area contributed by atoms with Gasteiger partial charge in [0.2, 0.25) is 0 Å². The van der Waals surface area contributed by atoms with E-state index in [1.165, 1.54) is 12.8 Å². The SMILES string of the molecule is O=S(Cc1ccc(CNC2CC2)o1)c1ccc(Br)cc1. The highest BCUT2D eigenvalue weighted by molar-refractivity contribution is 9.10. The highest BCUT2D eigenvalue weighted by Crippen LogP contribution is 2.21. The molecule has 0 spiro atoms. The van der Waals surface area contributed by atoms with Crippen LogP contribution in [0.2, 0.25) is 0 Å². The van der Waals surface area contributed by atoms with Crippen molar-refractivity contribution >= 4 is 26.7 Å². The van der Waals surface area contributed by atoms with Gasteiger partial charge in [-0.25, -0.2) is 0 Å². The van der Waals surface area contributed by atoms with E-state index in [0.29, 0.717) is 11.8 Å². The Morgan fingerprint density at radius 2 is 1.85 bits per heavy atom. The molecule has 5 heteroatoms. The van der Waals surface area contributed by atoms with E-state index in [1.54, 1.807) is 0 Å². The van der Waals surface area contributed by atoms with Gasteiger partial charge in [0.15, 0.2) is 0 Å². The van der Waals surface area contributed by atoms with Crippen LogP contribution in [0.25, 0.3) is 0 Å². The van der Waals surface area contributed by atoms with Gasteiger partial charge in [-0.1, -0.05) is 15.9 Å². The summed E-state index contributed by atoms with van der Waals surface area (Å²) < 4.78 is 18.9. The Morgan fingerprint density at radius 1 is 1.15 bits per heavy atom. The third-order valence-electron chi connectivity index (χ3n) is 3.21. The topological polar surface area (TPSA) is 42.2 Å². The first kappa shape index (κ1) is 14.0. The van der Waals surface area contributed by atoms with Gasteiger partial charge in [-0.15, -0.1) is 0 Å². The van der Waals surface area contributed by atoms with Crippen molar-refractivity contribution in [2.45, 2.75) is 36.1 Å². The van der Waals surface area contributed by atoms with Crippen LogP contribution in [0.3, 0.4) is 0 Å². The Morgan fingerprint density at radius 3 is 2.55 bits per heavy atom. The smallest absolute Gasteiger partial charge is 0.118 e. The van der Waals surface area contributed by atoms with E-state index < -0.39 is 10.8 Å². The van der Waals surface area contributed by atoms with Crippen LogP contribution in [0.4, 0.5) is 0 Å². The molecule has 2 aromatic rings. The maximum Gasteiger partial charge on any atom is 0.118 e. The minimum Gasteiger partial charge on any atom is -0.464 e. The van der Waals surface area contributed by atoms with E-state index in [4.69, 9.17) is 4.42 Å². The molecule has 1 heterocycles. The number of halogens is 1. The molecule has 3 nitrogen and oxygen atoms in total. The molecule has 3 rings (SSSR count). The summed E-state index contributed by atoms with van der Waals surface area (Å²) in [6.07, 6.45) is 2.53. The Kier molecular flexibility index (Phi) is 4.38. The largest absolute Gasteiger partial charge is 0.464 e. The predicted octanol–water partition coefficient (Wildman–Crippen LogP) is 3.60. The van der Waals surface area contributed by atoms with Gasteiger partial charge >= 0.3 is 0 Å². The predicted molar refractivity (Wildman–Crippen MR) is 82.8 cm³/mol. The highest BCUT2D eigenvalue weighted by Gasteiger charge is 2.20. The number of hydrogen-bond acceptors (Lipinski definition) is 3. The van der Waals surface area contributed by atoms with Crippen molar-refractivity contribution in [2.75, 3.05) is 0 Å². The minimum absolute atomic E-state index is 0.422. The molecule has 0 aliphatic heterocycles. The van der Waals surface area contributed by atoms with Gasteiger partial charge < -0.3 is 9.73 Å². The van der Waals surface area contributed by atoms with Crippen molar-refractivity contribution in [3.05, 3.63) is 52.4 Å². The summed E-state index contributed by atoms with van der Waals surface area (Å²) in [5.74, 6) is 2.11. The van der Waals surface area contributed by atoms with Crippen molar-refractivity contribution in [2.24, 2.45) is 0 Å². The second-order valence-corrected chi connectivity index (χ2v) is 7.33. The standard InChI is InChI=1S/C15H16BrNO2S/c16-11-1-7-15(8-2-11)20(18)10-14-6-5-13(19-14)9-17-12-3-4-12/h1-2,5-8,12,17H,3-4,9-10H2. The summed E-state index contributed by atoms with van der Waals surface area (Å²) in [6, 6.07) is 12.1. The van der Waals surface area contributed by atoms with E-state index in [2.05, 4.69) is 21.2 Å². The first-order valence-corrected chi connectivity index (χ1v) is 8.77. The third kappa shape index (κ3) is 3.81. The Balaban J connectivity index is 1.58. The number of nitrogens with one attached hydrogen (secondary N) is 1. The third-order valence-corrected chi connectivity index (χ3v) is 5.08. The summed E-state index contributed by atoms with van der Waals surface area (Å²) in [6.45, 7) is 0.760. The molecule has 20 heavy (non-hydrogen) atoms. The van der Waals surface area contributed by atoms with Gasteiger partial charge in [0, 0.05) is 15.4 Å². The number of furan rings is 1. The van der Waals surface area contributed by atoms with Crippen LogP contribution in [0.15, 0.2) is 50.2 Å². The van der Waals surface area contributed by atoms with E-state index in [9.17, 15) is 4.21 Å². The van der Waals surface area contributed by atoms with Crippen LogP contribution < -0.4 is 5.32 Å². The molecule has 1 aromatic carbocycles. The van der Waals surface area contributed by atoms with Crippen LogP contribution >= 0.6 is 15.9 Å². The zero-order valence-corrected chi connectivity index (χ0v) is 13.4. The lowest BCUT2D eigenvalue weighted by Crippen LogP contribution is -2.14. The van der Waals surface area contributed by atoms with Gasteiger partial charge in [0.25, 0.3) is 0 Å². The summed E-state index contributed by atoms with van der Waals surface area (Å²) in [5, 5.41) is 3.40. The van der Waals surface area contributed by atoms with E-state index >= 15 is 0 Å². The van der Waals surface area contributed by atoms with Crippen LogP contribution in [-0.4, -0.2) is 10.3 Å². The van der Waals surface area contributed by atoms with E-state index in [-0.39, 0.29) is 0 Å². The zero-order valence-electron chi connectivity index (χ0n) is 11.0.